The standard InChI is InChI=1S/C30H49O7PS/c1-11-23-18(3)19(4)26(35-38(31)36-29(7,8)30(9,10)37-38)27(32-23)34-25-20(5)21(6)28(33-24(25)12-2)39-22-16-14-13-15-17-22/h13-21,23-28H,11-12H2,1-10H3. The highest BCUT2D eigenvalue weighted by Gasteiger charge is 2.59. The summed E-state index contributed by atoms with van der Waals surface area (Å²) in [6, 6.07) is 10.4. The van der Waals surface area contributed by atoms with Crippen LogP contribution in [0.15, 0.2) is 35.2 Å². The van der Waals surface area contributed by atoms with Crippen molar-refractivity contribution in [2.75, 3.05) is 0 Å². The highest BCUT2D eigenvalue weighted by molar-refractivity contribution is 7.99. The van der Waals surface area contributed by atoms with E-state index < -0.39 is 31.4 Å². The smallest absolute Gasteiger partial charge is 0.361 e. The first-order chi connectivity index (χ1) is 18.2. The average molecular weight is 585 g/mol. The largest absolute Gasteiger partial charge is 0.476 e. The molecule has 0 saturated carbocycles. The molecule has 4 rings (SSSR count). The number of hydrogen-bond acceptors (Lipinski definition) is 8. The fourth-order valence-electron chi connectivity index (χ4n) is 5.69. The van der Waals surface area contributed by atoms with Crippen LogP contribution in [0.3, 0.4) is 0 Å². The van der Waals surface area contributed by atoms with Crippen LogP contribution in [0.25, 0.3) is 0 Å². The van der Waals surface area contributed by atoms with E-state index in [2.05, 4.69) is 65.8 Å². The second-order valence-corrected chi connectivity index (χ2v) is 15.2. The minimum Gasteiger partial charge on any atom is -0.361 e. The molecule has 3 fully saturated rings. The lowest BCUT2D eigenvalue weighted by atomic mass is 9.82. The van der Waals surface area contributed by atoms with Crippen molar-refractivity contribution in [2.24, 2.45) is 23.7 Å². The molecule has 1 aromatic rings. The summed E-state index contributed by atoms with van der Waals surface area (Å²) in [5.41, 5.74) is -1.51. The van der Waals surface area contributed by atoms with Crippen LogP contribution < -0.4 is 0 Å². The van der Waals surface area contributed by atoms with Gasteiger partial charge in [-0.05, 0) is 76.3 Å². The van der Waals surface area contributed by atoms with Crippen LogP contribution in [0.5, 0.6) is 0 Å². The molecule has 0 aliphatic carbocycles. The zero-order chi connectivity index (χ0) is 28.8. The fourth-order valence-corrected chi connectivity index (χ4v) is 9.21. The quantitative estimate of drug-likeness (QED) is 0.284. The summed E-state index contributed by atoms with van der Waals surface area (Å²) in [7, 11) is -3.86. The Bertz CT molecular complexity index is 982. The van der Waals surface area contributed by atoms with Crippen LogP contribution in [0.2, 0.25) is 0 Å². The van der Waals surface area contributed by atoms with E-state index in [-0.39, 0.29) is 47.4 Å². The molecule has 222 valence electrons. The Morgan fingerprint density at radius 1 is 0.795 bits per heavy atom. The maximum atomic E-state index is 13.8. The van der Waals surface area contributed by atoms with Gasteiger partial charge in [0, 0.05) is 4.90 Å². The maximum Gasteiger partial charge on any atom is 0.476 e. The summed E-state index contributed by atoms with van der Waals surface area (Å²) in [6.07, 6.45) is 0.0138. The van der Waals surface area contributed by atoms with Crippen LogP contribution >= 0.6 is 19.6 Å². The first kappa shape index (κ1) is 31.5. The Balaban J connectivity index is 1.55. The highest BCUT2D eigenvalue weighted by Crippen LogP contribution is 2.66. The molecule has 0 radical (unpaired) electrons. The van der Waals surface area contributed by atoms with Crippen molar-refractivity contribution in [1.82, 2.24) is 0 Å². The normalized spacial score (nSPS) is 41.4. The molecule has 3 saturated heterocycles. The number of ether oxygens (including phenoxy) is 3. The van der Waals surface area contributed by atoms with E-state index in [1.54, 1.807) is 11.8 Å². The predicted molar refractivity (Wildman–Crippen MR) is 155 cm³/mol. The number of phosphoric ester groups is 1. The molecule has 0 spiro atoms. The molecule has 0 aromatic heterocycles. The number of rotatable bonds is 8. The molecule has 3 aliphatic rings. The van der Waals surface area contributed by atoms with Gasteiger partial charge in [0.05, 0.1) is 18.3 Å². The fraction of sp³-hybridized carbons (Fsp3) is 0.800. The molecule has 0 bridgehead atoms. The van der Waals surface area contributed by atoms with Crippen molar-refractivity contribution < 1.29 is 32.3 Å². The van der Waals surface area contributed by atoms with E-state index in [0.29, 0.717) is 0 Å². The molecule has 7 nitrogen and oxygen atoms in total. The molecule has 3 aliphatic heterocycles. The summed E-state index contributed by atoms with van der Waals surface area (Å²) in [6.45, 7) is 20.5. The van der Waals surface area contributed by atoms with Crippen molar-refractivity contribution in [3.63, 3.8) is 0 Å². The topological polar surface area (TPSA) is 72.5 Å². The summed E-state index contributed by atoms with van der Waals surface area (Å²) >= 11 is 1.77. The Kier molecular flexibility index (Phi) is 9.73. The van der Waals surface area contributed by atoms with Crippen molar-refractivity contribution >= 4 is 19.6 Å². The third kappa shape index (κ3) is 6.49. The second kappa shape index (κ2) is 12.0. The third-order valence-corrected chi connectivity index (χ3v) is 12.6. The maximum absolute atomic E-state index is 13.8. The molecule has 0 N–H and O–H groups in total. The summed E-state index contributed by atoms with van der Waals surface area (Å²) in [4.78, 5) is 1.19. The van der Waals surface area contributed by atoms with E-state index in [0.717, 1.165) is 12.8 Å². The van der Waals surface area contributed by atoms with Gasteiger partial charge in [-0.15, -0.1) is 0 Å². The molecular formula is C30H49O7PS. The van der Waals surface area contributed by atoms with Gasteiger partial charge >= 0.3 is 7.82 Å². The number of hydrogen-bond donors (Lipinski definition) is 0. The number of phosphoric acid groups is 1. The Hall–Kier alpha value is -0.440. The summed E-state index contributed by atoms with van der Waals surface area (Å²) in [5.74, 6) is 0.641. The van der Waals surface area contributed by atoms with Crippen LogP contribution in [0, 0.1) is 23.7 Å². The average Bonchev–Trinajstić information content (AvgIpc) is 3.04. The van der Waals surface area contributed by atoms with Crippen molar-refractivity contribution in [2.45, 2.75) is 134 Å². The van der Waals surface area contributed by atoms with Crippen LogP contribution in [0.1, 0.15) is 82.1 Å². The molecule has 3 heterocycles. The first-order valence-electron chi connectivity index (χ1n) is 14.6. The lowest BCUT2D eigenvalue weighted by Crippen LogP contribution is -2.56. The molecule has 39 heavy (non-hydrogen) atoms. The number of thioether (sulfide) groups is 1. The first-order valence-corrected chi connectivity index (χ1v) is 16.9. The van der Waals surface area contributed by atoms with E-state index in [1.807, 2.05) is 33.8 Å². The van der Waals surface area contributed by atoms with E-state index in [1.165, 1.54) is 4.90 Å². The minimum atomic E-state index is -3.86. The van der Waals surface area contributed by atoms with Gasteiger partial charge in [0.2, 0.25) is 0 Å². The Morgan fingerprint density at radius 2 is 1.36 bits per heavy atom. The van der Waals surface area contributed by atoms with Gasteiger partial charge in [-0.3, -0.25) is 13.6 Å². The molecule has 1 aromatic carbocycles. The SMILES string of the molecule is CCC1OC(OC2C(CC)OC(Sc3ccccc3)C(C)C2C)C(OP2(=O)OC(C)(C)C(C)(C)O2)C(C)C1C. The summed E-state index contributed by atoms with van der Waals surface area (Å²) in [5, 5.41) is 0. The molecule has 9 heteroatoms. The molecule has 10 atom stereocenters. The van der Waals surface area contributed by atoms with E-state index in [4.69, 9.17) is 27.8 Å². The Morgan fingerprint density at radius 3 is 1.92 bits per heavy atom. The van der Waals surface area contributed by atoms with Crippen LogP contribution in [0.4, 0.5) is 0 Å². The minimum absolute atomic E-state index is 0.00258. The second-order valence-electron chi connectivity index (χ2n) is 12.6. The summed E-state index contributed by atoms with van der Waals surface area (Å²) < 4.78 is 52.0. The van der Waals surface area contributed by atoms with Gasteiger partial charge in [-0.1, -0.05) is 71.5 Å². The highest BCUT2D eigenvalue weighted by atomic mass is 32.2. The van der Waals surface area contributed by atoms with E-state index in [9.17, 15) is 4.57 Å². The van der Waals surface area contributed by atoms with Gasteiger partial charge in [0.1, 0.15) is 22.7 Å². The van der Waals surface area contributed by atoms with Gasteiger partial charge in [-0.2, -0.15) is 0 Å². The van der Waals surface area contributed by atoms with Crippen molar-refractivity contribution in [3.05, 3.63) is 30.3 Å². The van der Waals surface area contributed by atoms with Crippen molar-refractivity contribution in [3.8, 4) is 0 Å². The van der Waals surface area contributed by atoms with Crippen LogP contribution in [-0.4, -0.2) is 47.3 Å². The van der Waals surface area contributed by atoms with Crippen molar-refractivity contribution in [1.29, 1.82) is 0 Å². The monoisotopic (exact) mass is 584 g/mol. The molecule has 0 amide bonds. The van der Waals surface area contributed by atoms with Crippen LogP contribution in [-0.2, 0) is 32.3 Å². The zero-order valence-corrected chi connectivity index (χ0v) is 27.0. The van der Waals surface area contributed by atoms with Gasteiger partial charge < -0.3 is 14.2 Å². The van der Waals surface area contributed by atoms with E-state index >= 15 is 0 Å². The lowest BCUT2D eigenvalue weighted by molar-refractivity contribution is -0.307. The lowest BCUT2D eigenvalue weighted by Gasteiger charge is -2.49. The van der Waals surface area contributed by atoms with Gasteiger partial charge in [0.15, 0.2) is 6.29 Å². The molecular weight excluding hydrogens is 535 g/mol. The predicted octanol–water partition coefficient (Wildman–Crippen LogP) is 8.08. The zero-order valence-electron chi connectivity index (χ0n) is 25.3. The molecule has 10 unspecified atom stereocenters. The van der Waals surface area contributed by atoms with Gasteiger partial charge in [-0.25, -0.2) is 4.57 Å². The third-order valence-electron chi connectivity index (χ3n) is 9.44. The Labute approximate surface area is 240 Å². The number of benzene rings is 1. The van der Waals surface area contributed by atoms with Gasteiger partial charge in [0.25, 0.3) is 0 Å².